The van der Waals surface area contributed by atoms with Crippen LogP contribution in [-0.4, -0.2) is 29.1 Å². The molecule has 2 rings (SSSR count). The van der Waals surface area contributed by atoms with Crippen LogP contribution in [-0.2, 0) is 6.61 Å². The summed E-state index contributed by atoms with van der Waals surface area (Å²) < 4.78 is 11.5. The Bertz CT molecular complexity index is 773. The van der Waals surface area contributed by atoms with Crippen LogP contribution in [0.25, 0.3) is 0 Å². The summed E-state index contributed by atoms with van der Waals surface area (Å²) in [4.78, 5) is 8.36. The Kier molecular flexibility index (Phi) is 9.19. The maximum absolute atomic E-state index is 8.36. The van der Waals surface area contributed by atoms with Gasteiger partial charge in [0.1, 0.15) is 6.61 Å². The summed E-state index contributed by atoms with van der Waals surface area (Å²) in [7, 11) is 0. The van der Waals surface area contributed by atoms with Crippen molar-refractivity contribution in [1.29, 1.82) is 0 Å². The molecule has 2 aromatic rings. The molecule has 0 bridgehead atoms. The summed E-state index contributed by atoms with van der Waals surface area (Å²) in [6.45, 7) is 2.93. The molecule has 0 fully saturated rings. The molecule has 0 heterocycles. The summed E-state index contributed by atoms with van der Waals surface area (Å²) in [5.74, 6) is 1.24. The predicted octanol–water partition coefficient (Wildman–Crippen LogP) is 1.92. The predicted molar refractivity (Wildman–Crippen MR) is 101 cm³/mol. The van der Waals surface area contributed by atoms with Gasteiger partial charge in [-0.05, 0) is 36.2 Å². The average Bonchev–Trinajstić information content (AvgIpc) is 2.61. The molecular formula is C17H21N5O5. The largest absolute Gasteiger partial charge is 0.490 e. The van der Waals surface area contributed by atoms with Gasteiger partial charge < -0.3 is 26.1 Å². The fourth-order valence-corrected chi connectivity index (χ4v) is 1.89. The molecule has 0 amide bonds. The second-order valence-electron chi connectivity index (χ2n) is 4.92. The highest BCUT2D eigenvalue weighted by molar-refractivity contribution is 5.82. The molecule has 27 heavy (non-hydrogen) atoms. The summed E-state index contributed by atoms with van der Waals surface area (Å²) in [6, 6.07) is 15.5. The smallest absolute Gasteiger partial charge is 0.291 e. The zero-order valence-electron chi connectivity index (χ0n) is 14.7. The molecule has 0 aliphatic heterocycles. The topological polar surface area (TPSA) is 159 Å². The molecule has 0 radical (unpaired) electrons. The van der Waals surface area contributed by atoms with E-state index in [9.17, 15) is 0 Å². The molecule has 10 nitrogen and oxygen atoms in total. The van der Waals surface area contributed by atoms with E-state index in [1.54, 1.807) is 6.21 Å². The zero-order valence-corrected chi connectivity index (χ0v) is 14.7. The van der Waals surface area contributed by atoms with Gasteiger partial charge in [0.05, 0.1) is 12.8 Å². The number of hydrogen-bond acceptors (Lipinski definition) is 6. The number of rotatable bonds is 7. The van der Waals surface area contributed by atoms with Crippen LogP contribution in [0.4, 0.5) is 0 Å². The number of benzene rings is 2. The van der Waals surface area contributed by atoms with Crippen molar-refractivity contribution in [2.75, 3.05) is 6.61 Å². The van der Waals surface area contributed by atoms with Crippen molar-refractivity contribution in [1.82, 2.24) is 0 Å². The number of ether oxygens (including phenoxy) is 2. The molecule has 0 spiro atoms. The van der Waals surface area contributed by atoms with Crippen LogP contribution < -0.4 is 20.9 Å². The minimum Gasteiger partial charge on any atom is -0.490 e. The van der Waals surface area contributed by atoms with Crippen molar-refractivity contribution in [2.45, 2.75) is 13.5 Å². The molecule has 2 aromatic carbocycles. The molecule has 0 saturated carbocycles. The molecule has 0 unspecified atom stereocenters. The average molecular weight is 375 g/mol. The zero-order chi connectivity index (χ0) is 20.1. The Balaban J connectivity index is 0.000000828. The summed E-state index contributed by atoms with van der Waals surface area (Å²) in [5, 5.41) is 21.0. The summed E-state index contributed by atoms with van der Waals surface area (Å²) in [5.41, 5.74) is 12.3. The van der Waals surface area contributed by atoms with Gasteiger partial charge in [0.15, 0.2) is 11.5 Å². The van der Waals surface area contributed by atoms with Gasteiger partial charge in [0.25, 0.3) is 5.09 Å². The van der Waals surface area contributed by atoms with E-state index in [0.29, 0.717) is 24.7 Å². The normalized spacial score (nSPS) is 9.81. The SMILES string of the molecule is CCOc1cc(/C=N\N=C(N)N)ccc1OCc1ccccc1.O=[N+]([O-])O. The molecule has 0 saturated heterocycles. The highest BCUT2D eigenvalue weighted by Gasteiger charge is 2.06. The standard InChI is InChI=1S/C17H20N4O2.HNO3/c1-2-22-16-10-14(11-20-21-17(18)19)8-9-15(16)23-12-13-6-4-3-5-7-13;2-1(3)4/h3-11H,2,12H2,1H3,(H4,18,19,21);(H,2,3,4)/b20-11-;. The number of guanidine groups is 1. The molecule has 10 heteroatoms. The minimum atomic E-state index is -1.50. The Morgan fingerprint density at radius 1 is 1.19 bits per heavy atom. The van der Waals surface area contributed by atoms with Crippen molar-refractivity contribution < 1.29 is 19.8 Å². The highest BCUT2D eigenvalue weighted by Crippen LogP contribution is 2.28. The first-order valence-electron chi connectivity index (χ1n) is 7.81. The van der Waals surface area contributed by atoms with Crippen molar-refractivity contribution in [3.8, 4) is 11.5 Å². The van der Waals surface area contributed by atoms with Gasteiger partial charge in [0.2, 0.25) is 5.96 Å². The third-order valence-electron chi connectivity index (χ3n) is 2.88. The van der Waals surface area contributed by atoms with E-state index in [1.165, 1.54) is 0 Å². The van der Waals surface area contributed by atoms with Crippen molar-refractivity contribution in [2.24, 2.45) is 21.7 Å². The van der Waals surface area contributed by atoms with E-state index in [4.69, 9.17) is 36.3 Å². The van der Waals surface area contributed by atoms with Gasteiger partial charge >= 0.3 is 0 Å². The van der Waals surface area contributed by atoms with Crippen molar-refractivity contribution in [3.05, 3.63) is 69.8 Å². The Morgan fingerprint density at radius 3 is 2.44 bits per heavy atom. The quantitative estimate of drug-likeness (QED) is 0.288. The maximum Gasteiger partial charge on any atom is 0.291 e. The first-order valence-corrected chi connectivity index (χ1v) is 7.81. The molecule has 0 aliphatic rings. The van der Waals surface area contributed by atoms with Gasteiger partial charge in [-0.15, -0.1) is 15.2 Å². The molecule has 144 valence electrons. The Morgan fingerprint density at radius 2 is 1.85 bits per heavy atom. The third-order valence-corrected chi connectivity index (χ3v) is 2.88. The van der Waals surface area contributed by atoms with Gasteiger partial charge in [0, 0.05) is 0 Å². The summed E-state index contributed by atoms with van der Waals surface area (Å²) >= 11 is 0. The van der Waals surface area contributed by atoms with E-state index in [0.717, 1.165) is 11.1 Å². The molecule has 0 atom stereocenters. The molecule has 0 aromatic heterocycles. The lowest BCUT2D eigenvalue weighted by atomic mass is 10.2. The van der Waals surface area contributed by atoms with Crippen LogP contribution in [0.1, 0.15) is 18.1 Å². The van der Waals surface area contributed by atoms with Crippen molar-refractivity contribution in [3.63, 3.8) is 0 Å². The Labute approximate surface area is 155 Å². The van der Waals surface area contributed by atoms with E-state index >= 15 is 0 Å². The maximum atomic E-state index is 8.36. The van der Waals surface area contributed by atoms with Crippen LogP contribution in [0, 0.1) is 10.1 Å². The number of hydrogen-bond donors (Lipinski definition) is 3. The van der Waals surface area contributed by atoms with Crippen LogP contribution in [0.3, 0.4) is 0 Å². The van der Waals surface area contributed by atoms with Gasteiger partial charge in [-0.3, -0.25) is 0 Å². The Hall–Kier alpha value is -3.82. The summed E-state index contributed by atoms with van der Waals surface area (Å²) in [6.07, 6.45) is 1.54. The highest BCUT2D eigenvalue weighted by atomic mass is 16.9. The first kappa shape index (κ1) is 21.2. The lowest BCUT2D eigenvalue weighted by Crippen LogP contribution is -2.21. The van der Waals surface area contributed by atoms with Crippen LogP contribution in [0.15, 0.2) is 58.7 Å². The number of nitrogens with two attached hydrogens (primary N) is 2. The lowest BCUT2D eigenvalue weighted by molar-refractivity contribution is -0.742. The molecule has 5 N–H and O–H groups in total. The second kappa shape index (κ2) is 11.7. The van der Waals surface area contributed by atoms with Crippen LogP contribution in [0.5, 0.6) is 11.5 Å². The second-order valence-corrected chi connectivity index (χ2v) is 4.92. The van der Waals surface area contributed by atoms with E-state index in [1.807, 2.05) is 55.5 Å². The first-order chi connectivity index (χ1) is 12.9. The van der Waals surface area contributed by atoms with E-state index in [2.05, 4.69) is 10.2 Å². The third kappa shape index (κ3) is 9.29. The van der Waals surface area contributed by atoms with E-state index < -0.39 is 5.09 Å². The fourth-order valence-electron chi connectivity index (χ4n) is 1.89. The minimum absolute atomic E-state index is 0.0888. The molecule has 0 aliphatic carbocycles. The fraction of sp³-hybridized carbons (Fsp3) is 0.176. The van der Waals surface area contributed by atoms with Crippen molar-refractivity contribution >= 4 is 12.2 Å². The number of nitrogens with zero attached hydrogens (tertiary/aromatic N) is 3. The van der Waals surface area contributed by atoms with Gasteiger partial charge in [-0.1, -0.05) is 30.3 Å². The van der Waals surface area contributed by atoms with E-state index in [-0.39, 0.29) is 5.96 Å². The van der Waals surface area contributed by atoms with Gasteiger partial charge in [-0.2, -0.15) is 5.10 Å². The molecular weight excluding hydrogens is 354 g/mol. The monoisotopic (exact) mass is 375 g/mol. The van der Waals surface area contributed by atoms with Gasteiger partial charge in [-0.25, -0.2) is 0 Å². The lowest BCUT2D eigenvalue weighted by Gasteiger charge is -2.12. The van der Waals surface area contributed by atoms with Crippen LogP contribution >= 0.6 is 0 Å². The van der Waals surface area contributed by atoms with Crippen LogP contribution in [0.2, 0.25) is 0 Å².